The molecule has 0 saturated carbocycles. The molecule has 23 heavy (non-hydrogen) atoms. The van der Waals surface area contributed by atoms with Crippen LogP contribution in [0.15, 0.2) is 22.7 Å². The second-order valence-electron chi connectivity index (χ2n) is 6.91. The Balaban J connectivity index is 1.76. The molecule has 0 aliphatic carbocycles. The van der Waals surface area contributed by atoms with E-state index >= 15 is 0 Å². The first-order valence-corrected chi connectivity index (χ1v) is 8.72. The second-order valence-corrected chi connectivity index (χ2v) is 7.76. The van der Waals surface area contributed by atoms with Crippen LogP contribution in [0.1, 0.15) is 39.2 Å². The van der Waals surface area contributed by atoms with Crippen molar-refractivity contribution >= 4 is 22.0 Å². The highest BCUT2D eigenvalue weighted by Gasteiger charge is 2.26. The van der Waals surface area contributed by atoms with Gasteiger partial charge >= 0.3 is 6.09 Å². The number of ether oxygens (including phenoxy) is 1. The van der Waals surface area contributed by atoms with Gasteiger partial charge in [0.05, 0.1) is 4.47 Å². The summed E-state index contributed by atoms with van der Waals surface area (Å²) in [5.41, 5.74) is 0.669. The number of benzene rings is 1. The van der Waals surface area contributed by atoms with Crippen molar-refractivity contribution in [3.63, 3.8) is 0 Å². The van der Waals surface area contributed by atoms with Crippen molar-refractivity contribution in [2.24, 2.45) is 0 Å². The highest BCUT2D eigenvalue weighted by molar-refractivity contribution is 9.10. The van der Waals surface area contributed by atoms with Crippen molar-refractivity contribution in [3.05, 3.63) is 28.2 Å². The van der Waals surface area contributed by atoms with E-state index in [9.17, 15) is 9.90 Å². The quantitative estimate of drug-likeness (QED) is 0.834. The summed E-state index contributed by atoms with van der Waals surface area (Å²) in [7, 11) is 0. The summed E-state index contributed by atoms with van der Waals surface area (Å²) >= 11 is 3.32. The molecule has 0 spiro atoms. The van der Waals surface area contributed by atoms with E-state index in [1.54, 1.807) is 11.0 Å². The van der Waals surface area contributed by atoms with Crippen LogP contribution in [0.5, 0.6) is 5.75 Å². The van der Waals surface area contributed by atoms with Gasteiger partial charge in [-0.05, 0) is 67.2 Å². The molecular formula is C17H25BrN2O3. The van der Waals surface area contributed by atoms with Gasteiger partial charge < -0.3 is 20.1 Å². The zero-order valence-corrected chi connectivity index (χ0v) is 15.5. The van der Waals surface area contributed by atoms with E-state index in [1.165, 1.54) is 0 Å². The van der Waals surface area contributed by atoms with E-state index in [0.29, 0.717) is 23.6 Å². The van der Waals surface area contributed by atoms with E-state index in [2.05, 4.69) is 21.2 Å². The van der Waals surface area contributed by atoms with E-state index in [4.69, 9.17) is 4.74 Å². The van der Waals surface area contributed by atoms with Crippen molar-refractivity contribution in [1.29, 1.82) is 0 Å². The molecule has 5 nitrogen and oxygen atoms in total. The standard InChI is InChI=1S/C17H25BrN2O3/c1-17(2,3)23-16(22)20-8-6-13(7-9-20)19-11-12-4-5-15(21)14(18)10-12/h4-5,10,13,19,21H,6-9,11H2,1-3H3. The fraction of sp³-hybridized carbons (Fsp3) is 0.588. The lowest BCUT2D eigenvalue weighted by molar-refractivity contribution is 0.0198. The summed E-state index contributed by atoms with van der Waals surface area (Å²) in [5.74, 6) is 0.249. The Morgan fingerprint density at radius 1 is 1.39 bits per heavy atom. The first-order chi connectivity index (χ1) is 10.7. The Bertz CT molecular complexity index is 549. The van der Waals surface area contributed by atoms with E-state index in [1.807, 2.05) is 32.9 Å². The zero-order chi connectivity index (χ0) is 17.0. The third-order valence-electron chi connectivity index (χ3n) is 3.75. The summed E-state index contributed by atoms with van der Waals surface area (Å²) in [4.78, 5) is 13.8. The van der Waals surface area contributed by atoms with Gasteiger partial charge in [0.25, 0.3) is 0 Å². The molecule has 1 fully saturated rings. The van der Waals surface area contributed by atoms with Gasteiger partial charge in [0.1, 0.15) is 11.4 Å². The van der Waals surface area contributed by atoms with E-state index in [0.717, 1.165) is 24.9 Å². The molecule has 0 radical (unpaired) electrons. The molecule has 1 saturated heterocycles. The SMILES string of the molecule is CC(C)(C)OC(=O)N1CCC(NCc2ccc(O)c(Br)c2)CC1. The molecule has 0 bridgehead atoms. The van der Waals surface area contributed by atoms with Gasteiger partial charge in [0.15, 0.2) is 0 Å². The highest BCUT2D eigenvalue weighted by atomic mass is 79.9. The normalized spacial score (nSPS) is 16.4. The lowest BCUT2D eigenvalue weighted by atomic mass is 10.0. The largest absolute Gasteiger partial charge is 0.507 e. The number of phenolic OH excluding ortho intramolecular Hbond substituents is 1. The Morgan fingerprint density at radius 2 is 2.04 bits per heavy atom. The summed E-state index contributed by atoms with van der Waals surface area (Å²) in [6, 6.07) is 5.90. The molecule has 0 aromatic heterocycles. The number of aromatic hydroxyl groups is 1. The molecule has 1 amide bonds. The molecule has 1 heterocycles. The number of phenols is 1. The average molecular weight is 385 g/mol. The number of rotatable bonds is 3. The number of piperidine rings is 1. The minimum atomic E-state index is -0.446. The topological polar surface area (TPSA) is 61.8 Å². The van der Waals surface area contributed by atoms with Crippen LogP contribution in [0.3, 0.4) is 0 Å². The van der Waals surface area contributed by atoms with Crippen LogP contribution in [0.4, 0.5) is 4.79 Å². The summed E-state index contributed by atoms with van der Waals surface area (Å²) in [6.45, 7) is 7.83. The number of carbonyl (C=O) groups excluding carboxylic acids is 1. The molecule has 1 aromatic rings. The maximum absolute atomic E-state index is 12.0. The Kier molecular flexibility index (Phi) is 5.92. The molecule has 1 aliphatic heterocycles. The van der Waals surface area contributed by atoms with E-state index < -0.39 is 5.60 Å². The minimum Gasteiger partial charge on any atom is -0.507 e. The molecule has 0 unspecified atom stereocenters. The van der Waals surface area contributed by atoms with Crippen LogP contribution >= 0.6 is 15.9 Å². The lowest BCUT2D eigenvalue weighted by Crippen LogP contribution is -2.46. The number of likely N-dealkylation sites (tertiary alicyclic amines) is 1. The first-order valence-electron chi connectivity index (χ1n) is 7.93. The van der Waals surface area contributed by atoms with Crippen molar-refractivity contribution in [3.8, 4) is 5.75 Å². The number of nitrogens with zero attached hydrogens (tertiary/aromatic N) is 1. The molecule has 2 N–H and O–H groups in total. The average Bonchev–Trinajstić information content (AvgIpc) is 2.47. The van der Waals surface area contributed by atoms with Gasteiger partial charge in [-0.15, -0.1) is 0 Å². The number of hydrogen-bond donors (Lipinski definition) is 2. The maximum atomic E-state index is 12.0. The van der Waals surface area contributed by atoms with Crippen molar-refractivity contribution in [2.45, 2.75) is 51.8 Å². The number of hydrogen-bond acceptors (Lipinski definition) is 4. The highest BCUT2D eigenvalue weighted by Crippen LogP contribution is 2.24. The molecule has 1 aromatic carbocycles. The zero-order valence-electron chi connectivity index (χ0n) is 13.9. The molecule has 1 aliphatic rings. The smallest absolute Gasteiger partial charge is 0.410 e. The third-order valence-corrected chi connectivity index (χ3v) is 4.39. The maximum Gasteiger partial charge on any atom is 0.410 e. The predicted molar refractivity (Wildman–Crippen MR) is 93.5 cm³/mol. The number of halogens is 1. The fourth-order valence-electron chi connectivity index (χ4n) is 2.52. The van der Waals surface area contributed by atoms with Crippen LogP contribution in [0.2, 0.25) is 0 Å². The summed E-state index contributed by atoms with van der Waals surface area (Å²) < 4.78 is 6.11. The number of nitrogens with one attached hydrogen (secondary N) is 1. The third kappa shape index (κ3) is 5.70. The Morgan fingerprint density at radius 3 is 2.61 bits per heavy atom. The van der Waals surface area contributed by atoms with Crippen LogP contribution < -0.4 is 5.32 Å². The number of carbonyl (C=O) groups is 1. The molecule has 2 rings (SSSR count). The van der Waals surface area contributed by atoms with Gasteiger partial charge in [-0.3, -0.25) is 0 Å². The second kappa shape index (κ2) is 7.53. The molecule has 6 heteroatoms. The molecule has 0 atom stereocenters. The first kappa shape index (κ1) is 18.1. The minimum absolute atomic E-state index is 0.224. The van der Waals surface area contributed by atoms with Crippen LogP contribution in [0.25, 0.3) is 0 Å². The Labute approximate surface area is 146 Å². The van der Waals surface area contributed by atoms with Crippen molar-refractivity contribution in [1.82, 2.24) is 10.2 Å². The van der Waals surface area contributed by atoms with Crippen LogP contribution in [0, 0.1) is 0 Å². The number of amides is 1. The lowest BCUT2D eigenvalue weighted by Gasteiger charge is -2.33. The van der Waals surface area contributed by atoms with Gasteiger partial charge in [0.2, 0.25) is 0 Å². The Hall–Kier alpha value is -1.27. The predicted octanol–water partition coefficient (Wildman–Crippen LogP) is 3.64. The van der Waals surface area contributed by atoms with Gasteiger partial charge in [-0.25, -0.2) is 4.79 Å². The van der Waals surface area contributed by atoms with Crippen molar-refractivity contribution < 1.29 is 14.6 Å². The van der Waals surface area contributed by atoms with Crippen LogP contribution in [-0.2, 0) is 11.3 Å². The van der Waals surface area contributed by atoms with Crippen LogP contribution in [-0.4, -0.2) is 40.8 Å². The van der Waals surface area contributed by atoms with Gasteiger partial charge in [0, 0.05) is 25.7 Å². The summed E-state index contributed by atoms with van der Waals surface area (Å²) in [6.07, 6.45) is 1.61. The molecule has 128 valence electrons. The monoisotopic (exact) mass is 384 g/mol. The van der Waals surface area contributed by atoms with Crippen molar-refractivity contribution in [2.75, 3.05) is 13.1 Å². The summed E-state index contributed by atoms with van der Waals surface area (Å²) in [5, 5.41) is 13.0. The molecular weight excluding hydrogens is 360 g/mol. The van der Waals surface area contributed by atoms with E-state index in [-0.39, 0.29) is 11.8 Å². The fourth-order valence-corrected chi connectivity index (χ4v) is 2.94. The van der Waals surface area contributed by atoms with Gasteiger partial charge in [-0.1, -0.05) is 6.07 Å². The van der Waals surface area contributed by atoms with Gasteiger partial charge in [-0.2, -0.15) is 0 Å².